The van der Waals surface area contributed by atoms with E-state index in [1.54, 1.807) is 6.07 Å². The lowest BCUT2D eigenvalue weighted by Gasteiger charge is -2.15. The van der Waals surface area contributed by atoms with E-state index in [4.69, 9.17) is 5.11 Å². The number of hydrogen-bond acceptors (Lipinski definition) is 5. The number of carbonyl (C=O) groups is 1. The Hall–Kier alpha value is -2.36. The van der Waals surface area contributed by atoms with Gasteiger partial charge in [-0.05, 0) is 25.0 Å². The highest BCUT2D eigenvalue weighted by atomic mass is 32.2. The summed E-state index contributed by atoms with van der Waals surface area (Å²) in [6.07, 6.45) is 1.92. The third-order valence-electron chi connectivity index (χ3n) is 5.44. The van der Waals surface area contributed by atoms with E-state index in [9.17, 15) is 18.4 Å². The first-order valence-electron chi connectivity index (χ1n) is 9.63. The molecule has 1 saturated carbocycles. The quantitative estimate of drug-likeness (QED) is 0.681. The van der Waals surface area contributed by atoms with Crippen molar-refractivity contribution in [2.75, 3.05) is 18.4 Å². The van der Waals surface area contributed by atoms with Crippen LogP contribution in [0.1, 0.15) is 31.5 Å². The molecule has 2 aromatic rings. The first kappa shape index (κ1) is 19.9. The molecule has 2 atom stereocenters. The number of aromatic nitrogens is 2. The number of carboxylic acid groups (broad SMARTS) is 1. The number of rotatable bonds is 5. The zero-order valence-electron chi connectivity index (χ0n) is 15.7. The molecule has 156 valence electrons. The van der Waals surface area contributed by atoms with E-state index in [2.05, 4.69) is 15.3 Å². The fourth-order valence-electron chi connectivity index (χ4n) is 3.96. The molecule has 29 heavy (non-hydrogen) atoms. The Kier molecular flexibility index (Phi) is 5.62. The van der Waals surface area contributed by atoms with Gasteiger partial charge >= 0.3 is 6.09 Å². The van der Waals surface area contributed by atoms with Gasteiger partial charge in [0.15, 0.2) is 0 Å². The molecule has 1 aliphatic heterocycles. The van der Waals surface area contributed by atoms with Crippen LogP contribution in [0.15, 0.2) is 16.9 Å². The fraction of sp³-hybridized carbons (Fsp3) is 0.526. The van der Waals surface area contributed by atoms with Crippen LogP contribution in [0, 0.1) is 5.82 Å². The monoisotopic (exact) mass is 424 g/mol. The molecule has 7 nitrogen and oxygen atoms in total. The number of halogens is 2. The van der Waals surface area contributed by atoms with E-state index in [0.717, 1.165) is 30.6 Å². The summed E-state index contributed by atoms with van der Waals surface area (Å²) in [5.74, 6) is -0.121. The number of thioether (sulfide) groups is 1. The molecule has 0 bridgehead atoms. The minimum atomic E-state index is -1.28. The maximum absolute atomic E-state index is 14.5. The number of hydrogen-bond donors (Lipinski definition) is 3. The molecule has 0 spiro atoms. The van der Waals surface area contributed by atoms with Crippen molar-refractivity contribution < 1.29 is 18.7 Å². The molecule has 2 aliphatic rings. The average Bonchev–Trinajstić information content (AvgIpc) is 3.29. The van der Waals surface area contributed by atoms with Crippen molar-refractivity contribution in [2.45, 2.75) is 48.9 Å². The van der Waals surface area contributed by atoms with Gasteiger partial charge in [-0.1, -0.05) is 12.8 Å². The molecule has 1 amide bonds. The molecule has 0 radical (unpaired) electrons. The highest BCUT2D eigenvalue weighted by molar-refractivity contribution is 7.99. The van der Waals surface area contributed by atoms with E-state index in [1.807, 2.05) is 0 Å². The number of alkyl halides is 1. The van der Waals surface area contributed by atoms with Gasteiger partial charge < -0.3 is 20.3 Å². The summed E-state index contributed by atoms with van der Waals surface area (Å²) in [6.45, 7) is -0.0703. The van der Waals surface area contributed by atoms with Gasteiger partial charge in [0.05, 0.1) is 23.1 Å². The second kappa shape index (κ2) is 8.17. The molecule has 1 aromatic carbocycles. The molecule has 2 heterocycles. The van der Waals surface area contributed by atoms with E-state index >= 15 is 0 Å². The van der Waals surface area contributed by atoms with Gasteiger partial charge in [-0.3, -0.25) is 4.79 Å². The summed E-state index contributed by atoms with van der Waals surface area (Å²) >= 11 is 1.20. The van der Waals surface area contributed by atoms with Crippen LogP contribution in [-0.2, 0) is 5.75 Å². The van der Waals surface area contributed by atoms with Crippen molar-refractivity contribution in [1.29, 1.82) is 0 Å². The third-order valence-corrected chi connectivity index (χ3v) is 6.75. The largest absolute Gasteiger partial charge is 0.465 e. The predicted octanol–water partition coefficient (Wildman–Crippen LogP) is 3.35. The molecular weight excluding hydrogens is 402 g/mol. The smallest absolute Gasteiger partial charge is 0.407 e. The van der Waals surface area contributed by atoms with Gasteiger partial charge in [0, 0.05) is 18.3 Å². The van der Waals surface area contributed by atoms with Crippen LogP contribution in [0.2, 0.25) is 0 Å². The predicted molar refractivity (Wildman–Crippen MR) is 108 cm³/mol. The minimum Gasteiger partial charge on any atom is -0.465 e. The van der Waals surface area contributed by atoms with Crippen LogP contribution >= 0.6 is 11.8 Å². The van der Waals surface area contributed by atoms with E-state index < -0.39 is 28.9 Å². The van der Waals surface area contributed by atoms with Gasteiger partial charge in [0.2, 0.25) is 0 Å². The number of H-pyrrole nitrogens is 1. The highest BCUT2D eigenvalue weighted by Gasteiger charge is 2.35. The molecule has 10 heteroatoms. The normalized spacial score (nSPS) is 22.5. The molecular formula is C19H22F2N4O3S. The number of benzene rings is 1. The summed E-state index contributed by atoms with van der Waals surface area (Å²) in [6, 6.07) is 3.28. The van der Waals surface area contributed by atoms with Gasteiger partial charge in [0.1, 0.15) is 23.2 Å². The van der Waals surface area contributed by atoms with Crippen LogP contribution in [0.4, 0.5) is 19.3 Å². The highest BCUT2D eigenvalue weighted by Crippen LogP contribution is 2.28. The van der Waals surface area contributed by atoms with Crippen LogP contribution in [0.25, 0.3) is 10.9 Å². The van der Waals surface area contributed by atoms with Gasteiger partial charge in [-0.2, -0.15) is 0 Å². The number of amides is 1. The standard InChI is InChI=1S/C19H22F2N4O3S/c20-12-5-11(22-10-3-1-2-4-10)6-14-17(12)18(26)24-16(23-14)9-29-15-8-25(19(27)28)7-13(15)21/h5-6,10,13,15,22H,1-4,7-9H2,(H,27,28)(H,23,24,26)/t13-,15+/m1/s1. The minimum absolute atomic E-state index is 0.0864. The lowest BCUT2D eigenvalue weighted by Crippen LogP contribution is -2.27. The third kappa shape index (κ3) is 4.31. The summed E-state index contributed by atoms with van der Waals surface area (Å²) in [4.78, 5) is 31.3. The second-order valence-electron chi connectivity index (χ2n) is 7.54. The van der Waals surface area contributed by atoms with Crippen molar-refractivity contribution >= 4 is 34.4 Å². The first-order valence-corrected chi connectivity index (χ1v) is 10.7. The van der Waals surface area contributed by atoms with Crippen molar-refractivity contribution in [3.8, 4) is 0 Å². The van der Waals surface area contributed by atoms with E-state index in [0.29, 0.717) is 17.6 Å². The summed E-state index contributed by atoms with van der Waals surface area (Å²) in [7, 11) is 0. The summed E-state index contributed by atoms with van der Waals surface area (Å²) in [5, 5.41) is 11.7. The lowest BCUT2D eigenvalue weighted by atomic mass is 10.2. The summed E-state index contributed by atoms with van der Waals surface area (Å²) < 4.78 is 28.6. The van der Waals surface area contributed by atoms with E-state index in [1.165, 1.54) is 17.8 Å². The topological polar surface area (TPSA) is 98.3 Å². The Morgan fingerprint density at radius 2 is 2.10 bits per heavy atom. The Labute approximate surface area is 169 Å². The maximum Gasteiger partial charge on any atom is 0.407 e. The van der Waals surface area contributed by atoms with Crippen molar-refractivity contribution in [3.05, 3.63) is 34.1 Å². The molecule has 0 unspecified atom stereocenters. The van der Waals surface area contributed by atoms with Gasteiger partial charge in [-0.15, -0.1) is 11.8 Å². The number of anilines is 1. The van der Waals surface area contributed by atoms with Crippen LogP contribution in [-0.4, -0.2) is 56.6 Å². The zero-order valence-corrected chi connectivity index (χ0v) is 16.5. The Balaban J connectivity index is 1.52. The van der Waals surface area contributed by atoms with Gasteiger partial charge in [-0.25, -0.2) is 18.6 Å². The van der Waals surface area contributed by atoms with Crippen LogP contribution < -0.4 is 10.9 Å². The second-order valence-corrected chi connectivity index (χ2v) is 8.77. The Bertz CT molecular complexity index is 980. The van der Waals surface area contributed by atoms with Crippen LogP contribution in [0.3, 0.4) is 0 Å². The molecule has 1 aromatic heterocycles. The Morgan fingerprint density at radius 3 is 2.79 bits per heavy atom. The molecule has 1 saturated heterocycles. The maximum atomic E-state index is 14.5. The summed E-state index contributed by atoms with van der Waals surface area (Å²) in [5.41, 5.74) is 0.265. The fourth-order valence-corrected chi connectivity index (χ4v) is 5.05. The zero-order chi connectivity index (χ0) is 20.5. The molecule has 3 N–H and O–H groups in total. The van der Waals surface area contributed by atoms with E-state index in [-0.39, 0.29) is 29.7 Å². The SMILES string of the molecule is O=C(O)N1C[C@@H](F)[C@@H](SCc2nc3cc(NC4CCCC4)cc(F)c3c(=O)[nH]2)C1. The van der Waals surface area contributed by atoms with Gasteiger partial charge in [0.25, 0.3) is 5.56 Å². The lowest BCUT2D eigenvalue weighted by molar-refractivity contribution is 0.152. The van der Waals surface area contributed by atoms with Crippen molar-refractivity contribution in [2.24, 2.45) is 0 Å². The van der Waals surface area contributed by atoms with Crippen molar-refractivity contribution in [1.82, 2.24) is 14.9 Å². The molecule has 1 aliphatic carbocycles. The molecule has 4 rings (SSSR count). The number of likely N-dealkylation sites (tertiary alicyclic amines) is 1. The number of fused-ring (bicyclic) bond motifs is 1. The number of nitrogens with one attached hydrogen (secondary N) is 2. The Morgan fingerprint density at radius 1 is 1.34 bits per heavy atom. The number of nitrogens with zero attached hydrogens (tertiary/aromatic N) is 2. The van der Waals surface area contributed by atoms with Crippen LogP contribution in [0.5, 0.6) is 0 Å². The van der Waals surface area contributed by atoms with Crippen molar-refractivity contribution in [3.63, 3.8) is 0 Å². The average molecular weight is 424 g/mol. The molecule has 2 fully saturated rings. The number of aromatic amines is 1. The first-order chi connectivity index (χ1) is 13.9.